The van der Waals surface area contributed by atoms with Crippen molar-refractivity contribution in [3.63, 3.8) is 0 Å². The predicted octanol–water partition coefficient (Wildman–Crippen LogP) is 0.660. The van der Waals surface area contributed by atoms with Gasteiger partial charge in [0.05, 0.1) is 19.1 Å². The molecule has 4 heteroatoms. The first-order valence-corrected chi connectivity index (χ1v) is 4.08. The van der Waals surface area contributed by atoms with Crippen molar-refractivity contribution in [1.29, 1.82) is 0 Å². The summed E-state index contributed by atoms with van der Waals surface area (Å²) in [5.74, 6) is -0.693. The summed E-state index contributed by atoms with van der Waals surface area (Å²) in [6.45, 7) is 1.54. The number of aliphatic hydroxyl groups excluding tert-OH is 1. The average Bonchev–Trinajstić information content (AvgIpc) is 1.99. The van der Waals surface area contributed by atoms with Gasteiger partial charge in [-0.05, 0) is 19.8 Å². The fourth-order valence-electron chi connectivity index (χ4n) is 1.38. The monoisotopic (exact) mass is 176 g/mol. The fourth-order valence-corrected chi connectivity index (χ4v) is 1.38. The highest BCUT2D eigenvalue weighted by molar-refractivity contribution is 5.74. The average molecular weight is 176 g/mol. The first-order chi connectivity index (χ1) is 5.61. The van der Waals surface area contributed by atoms with Crippen molar-refractivity contribution >= 4 is 5.97 Å². The number of aliphatic hydroxyl groups is 1. The van der Waals surface area contributed by atoms with Crippen LogP contribution in [0.15, 0.2) is 0 Å². The lowest BCUT2D eigenvalue weighted by Gasteiger charge is -2.38. The molecule has 1 aliphatic carbocycles. The summed E-state index contributed by atoms with van der Waals surface area (Å²) < 4.78 is 17.7. The number of hydrogen-bond acceptors (Lipinski definition) is 3. The van der Waals surface area contributed by atoms with E-state index in [0.717, 1.165) is 0 Å². The van der Waals surface area contributed by atoms with Gasteiger partial charge < -0.3 is 9.84 Å². The van der Waals surface area contributed by atoms with Crippen LogP contribution in [0.1, 0.15) is 19.8 Å². The first-order valence-electron chi connectivity index (χ1n) is 4.08. The molecule has 1 rings (SSSR count). The zero-order valence-electron chi connectivity index (χ0n) is 7.05. The molecule has 0 radical (unpaired) electrons. The molecule has 3 nitrogen and oxygen atoms in total. The maximum atomic E-state index is 13.0. The Kier molecular flexibility index (Phi) is 2.67. The molecular formula is C8H13FO3. The van der Waals surface area contributed by atoms with Gasteiger partial charge in [0.25, 0.3) is 0 Å². The molecule has 1 fully saturated rings. The Balaban J connectivity index is 2.29. The van der Waals surface area contributed by atoms with Crippen molar-refractivity contribution in [1.82, 2.24) is 0 Å². The molecule has 1 saturated carbocycles. The maximum Gasteiger partial charge on any atom is 0.309 e. The van der Waals surface area contributed by atoms with Crippen molar-refractivity contribution in [3.05, 3.63) is 0 Å². The molecule has 0 heterocycles. The molecule has 0 unspecified atom stereocenters. The maximum absolute atomic E-state index is 13.0. The number of carbonyl (C=O) groups is 1. The molecular weight excluding hydrogens is 163 g/mol. The third-order valence-corrected chi connectivity index (χ3v) is 2.13. The molecule has 0 aliphatic heterocycles. The summed E-state index contributed by atoms with van der Waals surface area (Å²) >= 11 is 0. The second-order valence-corrected chi connectivity index (χ2v) is 3.17. The molecule has 70 valence electrons. The normalized spacial score (nSPS) is 34.1. The van der Waals surface area contributed by atoms with Gasteiger partial charge in [0.2, 0.25) is 0 Å². The van der Waals surface area contributed by atoms with Crippen LogP contribution >= 0.6 is 0 Å². The summed E-state index contributed by atoms with van der Waals surface area (Å²) in [6.07, 6.45) is 0.199. The van der Waals surface area contributed by atoms with Crippen LogP contribution in [0.3, 0.4) is 0 Å². The van der Waals surface area contributed by atoms with E-state index in [1.165, 1.54) is 0 Å². The summed E-state index contributed by atoms with van der Waals surface area (Å²) in [6, 6.07) is 0. The highest BCUT2D eigenvalue weighted by Crippen LogP contribution is 2.41. The minimum Gasteiger partial charge on any atom is -0.466 e. The van der Waals surface area contributed by atoms with Crippen LogP contribution in [-0.4, -0.2) is 30.0 Å². The molecule has 1 aliphatic rings. The van der Waals surface area contributed by atoms with Crippen molar-refractivity contribution < 1.29 is 19.0 Å². The number of hydrogen-bond donors (Lipinski definition) is 1. The quantitative estimate of drug-likeness (QED) is 0.642. The molecule has 0 amide bonds. The standard InChI is InChI=1S/C8H13FO3/c1-2-12-7(11)6-3-8(9,4-6)5-10/h6,10H,2-5H2,1H3. The van der Waals surface area contributed by atoms with Crippen molar-refractivity contribution in [2.75, 3.05) is 13.2 Å². The van der Waals surface area contributed by atoms with E-state index in [1.807, 2.05) is 0 Å². The van der Waals surface area contributed by atoms with Crippen LogP contribution in [-0.2, 0) is 9.53 Å². The van der Waals surface area contributed by atoms with Gasteiger partial charge in [0, 0.05) is 0 Å². The zero-order chi connectivity index (χ0) is 9.19. The third kappa shape index (κ3) is 1.75. The van der Waals surface area contributed by atoms with Gasteiger partial charge in [-0.2, -0.15) is 0 Å². The molecule has 0 bridgehead atoms. The molecule has 0 atom stereocenters. The SMILES string of the molecule is CCOC(=O)C1CC(F)(CO)C1. The van der Waals surface area contributed by atoms with Crippen molar-refractivity contribution in [2.24, 2.45) is 5.92 Å². The number of ether oxygens (including phenoxy) is 1. The highest BCUT2D eigenvalue weighted by Gasteiger charge is 2.48. The van der Waals surface area contributed by atoms with Crippen molar-refractivity contribution in [2.45, 2.75) is 25.4 Å². The molecule has 0 aromatic carbocycles. The minimum absolute atomic E-state index is 0.0995. The first kappa shape index (κ1) is 9.45. The van der Waals surface area contributed by atoms with Gasteiger partial charge in [0.1, 0.15) is 5.67 Å². The zero-order valence-corrected chi connectivity index (χ0v) is 7.05. The predicted molar refractivity (Wildman–Crippen MR) is 40.3 cm³/mol. The van der Waals surface area contributed by atoms with Crippen LogP contribution in [0.2, 0.25) is 0 Å². The fraction of sp³-hybridized carbons (Fsp3) is 0.875. The number of rotatable bonds is 3. The van der Waals surface area contributed by atoms with Gasteiger partial charge in [-0.15, -0.1) is 0 Å². The molecule has 0 aromatic heterocycles. The van der Waals surface area contributed by atoms with Gasteiger partial charge >= 0.3 is 5.97 Å². The largest absolute Gasteiger partial charge is 0.466 e. The minimum atomic E-state index is -1.53. The van der Waals surface area contributed by atoms with Crippen LogP contribution in [0.5, 0.6) is 0 Å². The summed E-state index contributed by atoms with van der Waals surface area (Å²) in [5, 5.41) is 8.55. The lowest BCUT2D eigenvalue weighted by Crippen LogP contribution is -2.46. The topological polar surface area (TPSA) is 46.5 Å². The smallest absolute Gasteiger partial charge is 0.309 e. The lowest BCUT2D eigenvalue weighted by molar-refractivity contribution is -0.159. The van der Waals surface area contributed by atoms with Crippen LogP contribution in [0, 0.1) is 5.92 Å². The Morgan fingerprint density at radius 1 is 1.75 bits per heavy atom. The Bertz CT molecular complexity index is 175. The lowest BCUT2D eigenvalue weighted by atomic mass is 9.73. The van der Waals surface area contributed by atoms with E-state index in [9.17, 15) is 9.18 Å². The van der Waals surface area contributed by atoms with E-state index in [4.69, 9.17) is 9.84 Å². The molecule has 0 spiro atoms. The van der Waals surface area contributed by atoms with E-state index in [1.54, 1.807) is 6.92 Å². The van der Waals surface area contributed by atoms with E-state index in [0.29, 0.717) is 6.61 Å². The summed E-state index contributed by atoms with van der Waals surface area (Å²) in [7, 11) is 0. The van der Waals surface area contributed by atoms with Gasteiger partial charge in [-0.1, -0.05) is 0 Å². The summed E-state index contributed by atoms with van der Waals surface area (Å²) in [4.78, 5) is 11.0. The second-order valence-electron chi connectivity index (χ2n) is 3.17. The van der Waals surface area contributed by atoms with E-state index in [2.05, 4.69) is 0 Å². The van der Waals surface area contributed by atoms with Crippen LogP contribution in [0.4, 0.5) is 4.39 Å². The molecule has 1 N–H and O–H groups in total. The van der Waals surface area contributed by atoms with Gasteiger partial charge in [-0.25, -0.2) is 4.39 Å². The Hall–Kier alpha value is -0.640. The molecule has 12 heavy (non-hydrogen) atoms. The Morgan fingerprint density at radius 3 is 2.75 bits per heavy atom. The summed E-state index contributed by atoms with van der Waals surface area (Å²) in [5.41, 5.74) is -1.53. The number of halogens is 1. The highest BCUT2D eigenvalue weighted by atomic mass is 19.1. The van der Waals surface area contributed by atoms with Gasteiger partial charge in [-0.3, -0.25) is 4.79 Å². The second kappa shape index (κ2) is 3.39. The van der Waals surface area contributed by atoms with E-state index >= 15 is 0 Å². The Morgan fingerprint density at radius 2 is 2.33 bits per heavy atom. The Labute approximate surface area is 70.5 Å². The van der Waals surface area contributed by atoms with Crippen molar-refractivity contribution in [3.8, 4) is 0 Å². The number of carbonyl (C=O) groups excluding carboxylic acids is 1. The van der Waals surface area contributed by atoms with E-state index < -0.39 is 12.3 Å². The third-order valence-electron chi connectivity index (χ3n) is 2.13. The van der Waals surface area contributed by atoms with E-state index in [-0.39, 0.29) is 24.7 Å². The van der Waals surface area contributed by atoms with Crippen LogP contribution < -0.4 is 0 Å². The van der Waals surface area contributed by atoms with Gasteiger partial charge in [0.15, 0.2) is 0 Å². The number of alkyl halides is 1. The molecule has 0 saturated heterocycles. The number of esters is 1. The van der Waals surface area contributed by atoms with Crippen LogP contribution in [0.25, 0.3) is 0 Å². The molecule has 0 aromatic rings.